The predicted octanol–water partition coefficient (Wildman–Crippen LogP) is 1.70. The van der Waals surface area contributed by atoms with Crippen LogP contribution >= 0.6 is 0 Å². The van der Waals surface area contributed by atoms with Crippen LogP contribution in [0.2, 0.25) is 0 Å². The fourth-order valence-electron chi connectivity index (χ4n) is 0.790. The summed E-state index contributed by atoms with van der Waals surface area (Å²) < 4.78 is 0. The molecular weight excluding hydrogens is 126 g/mol. The number of phenolic OH excluding ortho intramolecular Hbond substituents is 1. The van der Waals surface area contributed by atoms with Gasteiger partial charge in [0, 0.05) is 11.8 Å². The Hall–Kier alpha value is -1.31. The maximum atomic E-state index is 9.08. The van der Waals surface area contributed by atoms with E-state index in [2.05, 4.69) is 0 Å². The van der Waals surface area contributed by atoms with Crippen molar-refractivity contribution in [1.29, 1.82) is 5.41 Å². The van der Waals surface area contributed by atoms with Gasteiger partial charge in [0.2, 0.25) is 0 Å². The van der Waals surface area contributed by atoms with Gasteiger partial charge in [-0.3, -0.25) is 0 Å². The molecule has 1 aromatic rings. The molecule has 0 saturated heterocycles. The SMILES string of the molecule is Cc1ccc(O)c(C=N)c1. The molecule has 0 aliphatic rings. The van der Waals surface area contributed by atoms with Crippen molar-refractivity contribution >= 4 is 6.21 Å². The third-order valence-electron chi connectivity index (χ3n) is 1.34. The van der Waals surface area contributed by atoms with Crippen LogP contribution in [-0.4, -0.2) is 11.3 Å². The number of nitrogens with one attached hydrogen (secondary N) is 1. The van der Waals surface area contributed by atoms with Gasteiger partial charge in [-0.1, -0.05) is 11.6 Å². The third-order valence-corrected chi connectivity index (χ3v) is 1.34. The summed E-state index contributed by atoms with van der Waals surface area (Å²) in [6.07, 6.45) is 1.14. The van der Waals surface area contributed by atoms with Crippen LogP contribution in [0.25, 0.3) is 0 Å². The van der Waals surface area contributed by atoms with Gasteiger partial charge in [-0.05, 0) is 19.1 Å². The van der Waals surface area contributed by atoms with Crippen LogP contribution < -0.4 is 0 Å². The summed E-state index contributed by atoms with van der Waals surface area (Å²) >= 11 is 0. The predicted molar refractivity (Wildman–Crippen MR) is 40.7 cm³/mol. The van der Waals surface area contributed by atoms with Crippen LogP contribution in [0.3, 0.4) is 0 Å². The molecule has 0 unspecified atom stereocenters. The van der Waals surface area contributed by atoms with E-state index in [1.54, 1.807) is 12.1 Å². The number of hydrogen-bond donors (Lipinski definition) is 2. The quantitative estimate of drug-likeness (QED) is 0.565. The molecule has 1 rings (SSSR count). The Balaban J connectivity index is 3.21. The zero-order valence-corrected chi connectivity index (χ0v) is 5.76. The number of benzene rings is 1. The maximum Gasteiger partial charge on any atom is 0.124 e. The van der Waals surface area contributed by atoms with Gasteiger partial charge >= 0.3 is 0 Å². The first kappa shape index (κ1) is 6.81. The molecule has 0 fully saturated rings. The van der Waals surface area contributed by atoms with Gasteiger partial charge in [0.15, 0.2) is 0 Å². The summed E-state index contributed by atoms with van der Waals surface area (Å²) in [6, 6.07) is 5.17. The molecule has 0 saturated carbocycles. The van der Waals surface area contributed by atoms with Crippen molar-refractivity contribution in [2.24, 2.45) is 0 Å². The molecule has 52 valence electrons. The first-order valence-electron chi connectivity index (χ1n) is 3.04. The van der Waals surface area contributed by atoms with Crippen molar-refractivity contribution < 1.29 is 5.11 Å². The zero-order valence-electron chi connectivity index (χ0n) is 5.76. The Labute approximate surface area is 59.6 Å². The standard InChI is InChI=1S/C8H9NO/c1-6-2-3-8(10)7(4-6)5-9/h2-5,9-10H,1H3. The average molecular weight is 135 g/mol. The third kappa shape index (κ3) is 1.16. The molecule has 0 aliphatic heterocycles. The van der Waals surface area contributed by atoms with Crippen LogP contribution in [0, 0.1) is 12.3 Å². The van der Waals surface area contributed by atoms with E-state index < -0.39 is 0 Å². The van der Waals surface area contributed by atoms with E-state index in [1.165, 1.54) is 0 Å². The van der Waals surface area contributed by atoms with E-state index in [1.807, 2.05) is 13.0 Å². The van der Waals surface area contributed by atoms with Gasteiger partial charge in [-0.15, -0.1) is 0 Å². The molecule has 0 spiro atoms. The zero-order chi connectivity index (χ0) is 7.56. The van der Waals surface area contributed by atoms with E-state index >= 15 is 0 Å². The summed E-state index contributed by atoms with van der Waals surface area (Å²) in [4.78, 5) is 0. The summed E-state index contributed by atoms with van der Waals surface area (Å²) in [6.45, 7) is 1.92. The molecule has 0 aromatic heterocycles. The second-order valence-corrected chi connectivity index (χ2v) is 2.21. The van der Waals surface area contributed by atoms with Crippen molar-refractivity contribution in [2.45, 2.75) is 6.92 Å². The Bertz CT molecular complexity index is 255. The van der Waals surface area contributed by atoms with Crippen LogP contribution in [0.4, 0.5) is 0 Å². The fourth-order valence-corrected chi connectivity index (χ4v) is 0.790. The molecule has 0 atom stereocenters. The first-order valence-corrected chi connectivity index (χ1v) is 3.04. The lowest BCUT2D eigenvalue weighted by Crippen LogP contribution is -1.81. The topological polar surface area (TPSA) is 44.1 Å². The van der Waals surface area contributed by atoms with E-state index in [0.717, 1.165) is 11.8 Å². The van der Waals surface area contributed by atoms with Crippen molar-refractivity contribution in [2.75, 3.05) is 0 Å². The summed E-state index contributed by atoms with van der Waals surface area (Å²) in [5.41, 5.74) is 1.62. The van der Waals surface area contributed by atoms with E-state index in [-0.39, 0.29) is 5.75 Å². The molecule has 10 heavy (non-hydrogen) atoms. The molecule has 0 amide bonds. The molecule has 1 aromatic carbocycles. The number of rotatable bonds is 1. The van der Waals surface area contributed by atoms with Gasteiger partial charge in [-0.2, -0.15) is 0 Å². The Morgan fingerprint density at radius 2 is 2.20 bits per heavy atom. The number of hydrogen-bond acceptors (Lipinski definition) is 2. The van der Waals surface area contributed by atoms with E-state index in [9.17, 15) is 0 Å². The van der Waals surface area contributed by atoms with Crippen LogP contribution in [0.15, 0.2) is 18.2 Å². The molecule has 2 heteroatoms. The minimum Gasteiger partial charge on any atom is -0.507 e. The highest BCUT2D eigenvalue weighted by Gasteiger charge is 1.95. The Morgan fingerprint density at radius 3 is 2.70 bits per heavy atom. The molecular formula is C8H9NO. The van der Waals surface area contributed by atoms with Crippen LogP contribution in [0.5, 0.6) is 5.75 Å². The van der Waals surface area contributed by atoms with Crippen molar-refractivity contribution in [1.82, 2.24) is 0 Å². The van der Waals surface area contributed by atoms with Gasteiger partial charge in [0.05, 0.1) is 0 Å². The molecule has 2 nitrogen and oxygen atoms in total. The lowest BCUT2D eigenvalue weighted by Gasteiger charge is -1.97. The van der Waals surface area contributed by atoms with Gasteiger partial charge in [0.25, 0.3) is 0 Å². The number of phenols is 1. The van der Waals surface area contributed by atoms with Gasteiger partial charge in [0.1, 0.15) is 5.75 Å². The molecule has 0 bridgehead atoms. The fraction of sp³-hybridized carbons (Fsp3) is 0.125. The highest BCUT2D eigenvalue weighted by Crippen LogP contribution is 2.15. The van der Waals surface area contributed by atoms with Crippen molar-refractivity contribution in [3.05, 3.63) is 29.3 Å². The first-order chi connectivity index (χ1) is 4.74. The molecule has 0 aliphatic carbocycles. The highest BCUT2D eigenvalue weighted by atomic mass is 16.3. The Morgan fingerprint density at radius 1 is 1.50 bits per heavy atom. The second-order valence-electron chi connectivity index (χ2n) is 2.21. The van der Waals surface area contributed by atoms with Gasteiger partial charge in [-0.25, -0.2) is 0 Å². The normalized spacial score (nSPS) is 9.30. The van der Waals surface area contributed by atoms with E-state index in [4.69, 9.17) is 10.5 Å². The second kappa shape index (κ2) is 2.52. The molecule has 0 heterocycles. The molecule has 0 radical (unpaired) electrons. The summed E-state index contributed by atoms with van der Waals surface area (Å²) in [7, 11) is 0. The smallest absolute Gasteiger partial charge is 0.124 e. The minimum atomic E-state index is 0.167. The Kier molecular flexibility index (Phi) is 1.71. The lowest BCUT2D eigenvalue weighted by atomic mass is 10.1. The number of aryl methyl sites for hydroxylation is 1. The largest absolute Gasteiger partial charge is 0.507 e. The summed E-state index contributed by atoms with van der Waals surface area (Å²) in [5, 5.41) is 16.0. The number of aromatic hydroxyl groups is 1. The highest BCUT2D eigenvalue weighted by molar-refractivity contribution is 5.81. The monoisotopic (exact) mass is 135 g/mol. The van der Waals surface area contributed by atoms with Crippen molar-refractivity contribution in [3.8, 4) is 5.75 Å². The lowest BCUT2D eigenvalue weighted by molar-refractivity contribution is 0.474. The van der Waals surface area contributed by atoms with Crippen molar-refractivity contribution in [3.63, 3.8) is 0 Å². The van der Waals surface area contributed by atoms with Gasteiger partial charge < -0.3 is 10.5 Å². The maximum absolute atomic E-state index is 9.08. The summed E-state index contributed by atoms with van der Waals surface area (Å²) in [5.74, 6) is 0.167. The minimum absolute atomic E-state index is 0.167. The van der Waals surface area contributed by atoms with Crippen LogP contribution in [-0.2, 0) is 0 Å². The molecule has 2 N–H and O–H groups in total. The van der Waals surface area contributed by atoms with Crippen LogP contribution in [0.1, 0.15) is 11.1 Å². The van der Waals surface area contributed by atoms with E-state index in [0.29, 0.717) is 5.56 Å². The average Bonchev–Trinajstić information content (AvgIpc) is 1.94.